The standard InChI is InChI=1S/C21H23BrN2O/c1-12(2)16-10-18(13(3)19(25)11-16)20-14(4)23-24(5)21(20)15-6-8-17(22)9-7-15/h6-9,16H,1,10-11H2,2-5H3. The molecule has 0 amide bonds. The summed E-state index contributed by atoms with van der Waals surface area (Å²) in [4.78, 5) is 12.6. The summed E-state index contributed by atoms with van der Waals surface area (Å²) >= 11 is 3.49. The Morgan fingerprint density at radius 2 is 1.88 bits per heavy atom. The maximum atomic E-state index is 12.6. The Hall–Kier alpha value is -1.94. The van der Waals surface area contributed by atoms with Gasteiger partial charge in [-0.15, -0.1) is 0 Å². The third-order valence-corrected chi connectivity index (χ3v) is 5.62. The molecule has 130 valence electrons. The summed E-state index contributed by atoms with van der Waals surface area (Å²) in [6, 6.07) is 8.23. The molecular formula is C21H23BrN2O. The maximum absolute atomic E-state index is 12.6. The number of allylic oxidation sites excluding steroid dienone is 3. The number of Topliss-reactive ketones (excluding diaryl/α,β-unsaturated/α-hetero) is 1. The van der Waals surface area contributed by atoms with Gasteiger partial charge in [0.25, 0.3) is 0 Å². The second-order valence-corrected chi connectivity index (χ2v) is 7.83. The first-order valence-electron chi connectivity index (χ1n) is 8.47. The normalized spacial score (nSPS) is 18.0. The summed E-state index contributed by atoms with van der Waals surface area (Å²) in [6.45, 7) is 10.1. The number of carbonyl (C=O) groups excluding carboxylic acids is 1. The highest BCUT2D eigenvalue weighted by Crippen LogP contribution is 2.41. The average Bonchev–Trinajstić information content (AvgIpc) is 2.85. The summed E-state index contributed by atoms with van der Waals surface area (Å²) < 4.78 is 2.96. The fraction of sp³-hybridized carbons (Fsp3) is 0.333. The Kier molecular flexibility index (Phi) is 4.83. The molecule has 25 heavy (non-hydrogen) atoms. The molecule has 1 aliphatic carbocycles. The molecule has 1 unspecified atom stereocenters. The molecule has 0 spiro atoms. The molecule has 0 saturated heterocycles. The summed E-state index contributed by atoms with van der Waals surface area (Å²) in [7, 11) is 1.96. The molecule has 0 saturated carbocycles. The van der Waals surface area contributed by atoms with Crippen LogP contribution in [0.3, 0.4) is 0 Å². The Bertz CT molecular complexity index is 887. The molecule has 4 heteroatoms. The van der Waals surface area contributed by atoms with Gasteiger partial charge in [0.1, 0.15) is 0 Å². The highest BCUT2D eigenvalue weighted by atomic mass is 79.9. The highest BCUT2D eigenvalue weighted by molar-refractivity contribution is 9.10. The molecule has 0 aliphatic heterocycles. The van der Waals surface area contributed by atoms with Crippen molar-refractivity contribution in [3.05, 3.63) is 57.7 Å². The van der Waals surface area contributed by atoms with Gasteiger partial charge < -0.3 is 0 Å². The van der Waals surface area contributed by atoms with Crippen LogP contribution in [0.2, 0.25) is 0 Å². The van der Waals surface area contributed by atoms with Crippen LogP contribution in [-0.4, -0.2) is 15.6 Å². The molecule has 1 aromatic heterocycles. The molecule has 0 bridgehead atoms. The van der Waals surface area contributed by atoms with Crippen molar-refractivity contribution < 1.29 is 4.79 Å². The van der Waals surface area contributed by atoms with Crippen LogP contribution in [0, 0.1) is 12.8 Å². The molecule has 3 nitrogen and oxygen atoms in total. The van der Waals surface area contributed by atoms with Crippen LogP contribution in [0.15, 0.2) is 46.5 Å². The number of nitrogens with zero attached hydrogens (tertiary/aromatic N) is 2. The Labute approximate surface area is 157 Å². The zero-order chi connectivity index (χ0) is 18.3. The summed E-state index contributed by atoms with van der Waals surface area (Å²) in [6.07, 6.45) is 1.42. The van der Waals surface area contributed by atoms with E-state index in [0.717, 1.165) is 50.1 Å². The number of rotatable bonds is 3. The molecule has 1 heterocycles. The molecule has 3 rings (SSSR count). The van der Waals surface area contributed by atoms with E-state index in [1.165, 1.54) is 0 Å². The van der Waals surface area contributed by atoms with Gasteiger partial charge in [-0.3, -0.25) is 9.48 Å². The first-order valence-corrected chi connectivity index (χ1v) is 9.27. The summed E-state index contributed by atoms with van der Waals surface area (Å²) in [5, 5.41) is 4.65. The minimum absolute atomic E-state index is 0.212. The Morgan fingerprint density at radius 3 is 2.48 bits per heavy atom. The van der Waals surface area contributed by atoms with Crippen molar-refractivity contribution in [3.63, 3.8) is 0 Å². The number of carbonyl (C=O) groups is 1. The zero-order valence-electron chi connectivity index (χ0n) is 15.2. The molecule has 1 atom stereocenters. The topological polar surface area (TPSA) is 34.9 Å². The number of halogens is 1. The van der Waals surface area contributed by atoms with Crippen LogP contribution in [0.5, 0.6) is 0 Å². The third-order valence-electron chi connectivity index (χ3n) is 5.09. The lowest BCUT2D eigenvalue weighted by Gasteiger charge is -2.26. The maximum Gasteiger partial charge on any atom is 0.159 e. The van der Waals surface area contributed by atoms with Gasteiger partial charge in [-0.1, -0.05) is 40.2 Å². The SMILES string of the molecule is C=C(C)C1CC(=O)C(C)=C(c2c(C)nn(C)c2-c2ccc(Br)cc2)C1. The van der Waals surface area contributed by atoms with Gasteiger partial charge in [-0.2, -0.15) is 5.10 Å². The largest absolute Gasteiger partial charge is 0.295 e. The Balaban J connectivity index is 2.20. The van der Waals surface area contributed by atoms with Crippen LogP contribution in [0.4, 0.5) is 0 Å². The van der Waals surface area contributed by atoms with E-state index >= 15 is 0 Å². The van der Waals surface area contributed by atoms with Gasteiger partial charge in [0.15, 0.2) is 5.78 Å². The number of benzene rings is 1. The highest BCUT2D eigenvalue weighted by Gasteiger charge is 2.30. The third kappa shape index (κ3) is 3.28. The molecule has 1 aromatic carbocycles. The zero-order valence-corrected chi connectivity index (χ0v) is 16.8. The van der Waals surface area contributed by atoms with E-state index < -0.39 is 0 Å². The van der Waals surface area contributed by atoms with Crippen molar-refractivity contribution in [2.24, 2.45) is 13.0 Å². The van der Waals surface area contributed by atoms with Gasteiger partial charge in [0.2, 0.25) is 0 Å². The molecule has 0 radical (unpaired) electrons. The van der Waals surface area contributed by atoms with Gasteiger partial charge >= 0.3 is 0 Å². The first kappa shape index (κ1) is 17.9. The molecule has 2 aromatic rings. The van der Waals surface area contributed by atoms with Crippen LogP contribution in [0.25, 0.3) is 16.8 Å². The van der Waals surface area contributed by atoms with E-state index in [1.807, 2.05) is 44.6 Å². The predicted molar refractivity (Wildman–Crippen MR) is 106 cm³/mol. The van der Waals surface area contributed by atoms with Crippen molar-refractivity contribution >= 4 is 27.3 Å². The van der Waals surface area contributed by atoms with Gasteiger partial charge in [-0.25, -0.2) is 0 Å². The number of hydrogen-bond donors (Lipinski definition) is 0. The summed E-state index contributed by atoms with van der Waals surface area (Å²) in [5.74, 6) is 0.433. The lowest BCUT2D eigenvalue weighted by Crippen LogP contribution is -2.18. The minimum Gasteiger partial charge on any atom is -0.295 e. The van der Waals surface area contributed by atoms with Crippen molar-refractivity contribution in [3.8, 4) is 11.3 Å². The van der Waals surface area contributed by atoms with Crippen molar-refractivity contribution in [1.29, 1.82) is 0 Å². The quantitative estimate of drug-likeness (QED) is 0.640. The fourth-order valence-electron chi connectivity index (χ4n) is 3.61. The van der Waals surface area contributed by atoms with Crippen LogP contribution >= 0.6 is 15.9 Å². The van der Waals surface area contributed by atoms with Gasteiger partial charge in [0.05, 0.1) is 11.4 Å². The minimum atomic E-state index is 0.212. The number of aromatic nitrogens is 2. The van der Waals surface area contributed by atoms with Crippen molar-refractivity contribution in [1.82, 2.24) is 9.78 Å². The lowest BCUT2D eigenvalue weighted by molar-refractivity contribution is -0.116. The van der Waals surface area contributed by atoms with E-state index in [9.17, 15) is 4.79 Å². The van der Waals surface area contributed by atoms with Crippen LogP contribution in [0.1, 0.15) is 37.9 Å². The molecule has 1 aliphatic rings. The number of aryl methyl sites for hydroxylation is 2. The molecular weight excluding hydrogens is 376 g/mol. The molecule has 0 N–H and O–H groups in total. The number of ketones is 1. The van der Waals surface area contributed by atoms with Gasteiger partial charge in [0, 0.05) is 29.1 Å². The van der Waals surface area contributed by atoms with Crippen molar-refractivity contribution in [2.45, 2.75) is 33.6 Å². The molecule has 0 fully saturated rings. The van der Waals surface area contributed by atoms with E-state index in [0.29, 0.717) is 6.42 Å². The van der Waals surface area contributed by atoms with Gasteiger partial charge in [-0.05, 0) is 56.4 Å². The van der Waals surface area contributed by atoms with E-state index in [-0.39, 0.29) is 11.7 Å². The second-order valence-electron chi connectivity index (χ2n) is 6.92. The van der Waals surface area contributed by atoms with E-state index in [2.05, 4.69) is 39.7 Å². The van der Waals surface area contributed by atoms with Crippen LogP contribution in [-0.2, 0) is 11.8 Å². The smallest absolute Gasteiger partial charge is 0.159 e. The van der Waals surface area contributed by atoms with Crippen LogP contribution < -0.4 is 0 Å². The Morgan fingerprint density at radius 1 is 1.24 bits per heavy atom. The summed E-state index contributed by atoms with van der Waals surface area (Å²) in [5.41, 5.74) is 7.29. The van der Waals surface area contributed by atoms with E-state index in [4.69, 9.17) is 0 Å². The second kappa shape index (κ2) is 6.75. The first-order chi connectivity index (χ1) is 11.8. The lowest BCUT2D eigenvalue weighted by atomic mass is 9.77. The predicted octanol–water partition coefficient (Wildman–Crippen LogP) is 5.49. The monoisotopic (exact) mass is 398 g/mol. The fourth-order valence-corrected chi connectivity index (χ4v) is 3.88. The average molecular weight is 399 g/mol. The number of hydrogen-bond acceptors (Lipinski definition) is 2. The van der Waals surface area contributed by atoms with E-state index in [1.54, 1.807) is 0 Å². The van der Waals surface area contributed by atoms with Crippen molar-refractivity contribution in [2.75, 3.05) is 0 Å².